The maximum atomic E-state index is 12.9. The largest absolute Gasteiger partial charge is 0.349 e. The van der Waals surface area contributed by atoms with Crippen molar-refractivity contribution in [3.05, 3.63) is 77.4 Å². The predicted octanol–water partition coefficient (Wildman–Crippen LogP) is 3.05. The van der Waals surface area contributed by atoms with E-state index in [4.69, 9.17) is 0 Å². The third kappa shape index (κ3) is 5.33. The number of hydrogen-bond donors (Lipinski definition) is 1. The Bertz CT molecular complexity index is 882. The van der Waals surface area contributed by atoms with E-state index in [0.29, 0.717) is 30.3 Å². The van der Waals surface area contributed by atoms with Crippen molar-refractivity contribution in [2.75, 3.05) is 32.7 Å². The zero-order valence-corrected chi connectivity index (χ0v) is 16.6. The van der Waals surface area contributed by atoms with Gasteiger partial charge in [-0.05, 0) is 36.6 Å². The van der Waals surface area contributed by atoms with E-state index in [-0.39, 0.29) is 11.8 Å². The second-order valence-corrected chi connectivity index (χ2v) is 7.73. The predicted molar refractivity (Wildman–Crippen MR) is 115 cm³/mol. The van der Waals surface area contributed by atoms with E-state index in [0.717, 1.165) is 32.5 Å². The van der Waals surface area contributed by atoms with Crippen molar-refractivity contribution in [2.45, 2.75) is 18.9 Å². The van der Waals surface area contributed by atoms with E-state index in [2.05, 4.69) is 34.5 Å². The molecular formula is C24H27N3O2. The van der Waals surface area contributed by atoms with Gasteiger partial charge in [0.15, 0.2) is 0 Å². The first kappa shape index (κ1) is 19.4. The number of rotatable bonds is 6. The summed E-state index contributed by atoms with van der Waals surface area (Å²) in [5.41, 5.74) is 2.35. The van der Waals surface area contributed by atoms with Crippen molar-refractivity contribution in [3.8, 4) is 0 Å². The molecule has 0 aromatic heterocycles. The molecule has 0 spiro atoms. The summed E-state index contributed by atoms with van der Waals surface area (Å²) in [7, 11) is 0. The molecule has 29 heavy (non-hydrogen) atoms. The molecule has 2 aliphatic rings. The highest BCUT2D eigenvalue weighted by Gasteiger charge is 2.25. The third-order valence-electron chi connectivity index (χ3n) is 5.42. The van der Waals surface area contributed by atoms with Crippen LogP contribution in [0.25, 0.3) is 6.08 Å². The number of nitrogens with one attached hydrogen (secondary N) is 1. The zero-order valence-electron chi connectivity index (χ0n) is 16.6. The van der Waals surface area contributed by atoms with Crippen LogP contribution in [0.3, 0.4) is 0 Å². The van der Waals surface area contributed by atoms with Gasteiger partial charge in [-0.2, -0.15) is 0 Å². The fourth-order valence-electron chi connectivity index (χ4n) is 3.51. The molecule has 0 unspecified atom stereocenters. The fraction of sp³-hybridized carbons (Fsp3) is 0.333. The molecule has 4 rings (SSSR count). The minimum absolute atomic E-state index is 0.00514. The van der Waals surface area contributed by atoms with E-state index in [9.17, 15) is 9.59 Å². The van der Waals surface area contributed by atoms with Gasteiger partial charge in [-0.15, -0.1) is 0 Å². The van der Waals surface area contributed by atoms with Crippen LogP contribution in [-0.4, -0.2) is 60.4 Å². The van der Waals surface area contributed by atoms with Gasteiger partial charge in [0, 0.05) is 49.9 Å². The van der Waals surface area contributed by atoms with Crippen LogP contribution in [0.1, 0.15) is 39.1 Å². The monoisotopic (exact) mass is 389 g/mol. The molecule has 2 fully saturated rings. The van der Waals surface area contributed by atoms with Gasteiger partial charge >= 0.3 is 0 Å². The number of piperazine rings is 1. The number of hydrogen-bond acceptors (Lipinski definition) is 3. The first-order valence-electron chi connectivity index (χ1n) is 10.3. The van der Waals surface area contributed by atoms with Crippen LogP contribution < -0.4 is 5.32 Å². The normalized spacial score (nSPS) is 17.4. The Morgan fingerprint density at radius 1 is 0.931 bits per heavy atom. The fourth-order valence-corrected chi connectivity index (χ4v) is 3.51. The molecule has 5 heteroatoms. The van der Waals surface area contributed by atoms with Crippen molar-refractivity contribution >= 4 is 17.9 Å². The molecule has 1 aliphatic carbocycles. The van der Waals surface area contributed by atoms with Crippen LogP contribution in [-0.2, 0) is 0 Å². The van der Waals surface area contributed by atoms with Crippen LogP contribution in [0, 0.1) is 0 Å². The number of amides is 2. The summed E-state index contributed by atoms with van der Waals surface area (Å²) in [6.07, 6.45) is 6.41. The van der Waals surface area contributed by atoms with E-state index >= 15 is 0 Å². The van der Waals surface area contributed by atoms with Crippen molar-refractivity contribution in [1.82, 2.24) is 15.1 Å². The van der Waals surface area contributed by atoms with Crippen LogP contribution in [0.5, 0.6) is 0 Å². The van der Waals surface area contributed by atoms with Crippen molar-refractivity contribution in [1.29, 1.82) is 0 Å². The lowest BCUT2D eigenvalue weighted by atomic mass is 10.1. The second-order valence-electron chi connectivity index (χ2n) is 7.73. The number of nitrogens with zero attached hydrogens (tertiary/aromatic N) is 2. The van der Waals surface area contributed by atoms with Crippen molar-refractivity contribution in [3.63, 3.8) is 0 Å². The smallest absolute Gasteiger partial charge is 0.253 e. The van der Waals surface area contributed by atoms with Gasteiger partial charge in [0.2, 0.25) is 0 Å². The van der Waals surface area contributed by atoms with Crippen LogP contribution in [0.4, 0.5) is 0 Å². The molecule has 0 radical (unpaired) electrons. The average Bonchev–Trinajstić information content (AvgIpc) is 3.58. The quantitative estimate of drug-likeness (QED) is 0.826. The molecule has 1 heterocycles. The molecule has 2 aromatic carbocycles. The minimum atomic E-state index is -0.0860. The number of benzene rings is 2. The molecular weight excluding hydrogens is 362 g/mol. The second kappa shape index (κ2) is 9.05. The lowest BCUT2D eigenvalue weighted by Crippen LogP contribution is -2.48. The van der Waals surface area contributed by atoms with Gasteiger partial charge in [0.05, 0.1) is 0 Å². The SMILES string of the molecule is O=C(NC1CC1)c1cccc(C(=O)N2CCN(C/C=C/c3ccccc3)CC2)c1. The van der Waals surface area contributed by atoms with Crippen molar-refractivity contribution in [2.24, 2.45) is 0 Å². The Morgan fingerprint density at radius 3 is 2.38 bits per heavy atom. The first-order valence-corrected chi connectivity index (χ1v) is 10.3. The molecule has 150 valence electrons. The highest BCUT2D eigenvalue weighted by Crippen LogP contribution is 2.19. The molecule has 1 saturated carbocycles. The number of carbonyl (C=O) groups is 2. The molecule has 1 saturated heterocycles. The molecule has 1 aliphatic heterocycles. The standard InChI is InChI=1S/C24H27N3O2/c28-23(25-22-11-12-22)20-9-4-10-21(18-20)24(29)27-16-14-26(15-17-27)13-5-8-19-6-2-1-3-7-19/h1-10,18,22H,11-17H2,(H,25,28)/b8-5+. The molecule has 0 atom stereocenters. The summed E-state index contributed by atoms with van der Waals surface area (Å²) in [5.74, 6) is -0.0808. The summed E-state index contributed by atoms with van der Waals surface area (Å²) >= 11 is 0. The van der Waals surface area contributed by atoms with Gasteiger partial charge in [-0.25, -0.2) is 0 Å². The van der Waals surface area contributed by atoms with E-state index < -0.39 is 0 Å². The Kier molecular flexibility index (Phi) is 6.06. The Morgan fingerprint density at radius 2 is 1.66 bits per heavy atom. The minimum Gasteiger partial charge on any atom is -0.349 e. The first-order chi connectivity index (χ1) is 14.2. The summed E-state index contributed by atoms with van der Waals surface area (Å²) in [6.45, 7) is 4.00. The molecule has 2 amide bonds. The van der Waals surface area contributed by atoms with Crippen LogP contribution >= 0.6 is 0 Å². The molecule has 0 bridgehead atoms. The number of carbonyl (C=O) groups excluding carboxylic acids is 2. The Hall–Kier alpha value is -2.92. The molecule has 5 nitrogen and oxygen atoms in total. The average molecular weight is 389 g/mol. The highest BCUT2D eigenvalue weighted by atomic mass is 16.2. The highest BCUT2D eigenvalue weighted by molar-refractivity contribution is 5.99. The van der Waals surface area contributed by atoms with E-state index in [1.807, 2.05) is 23.1 Å². The molecule has 2 aromatic rings. The van der Waals surface area contributed by atoms with Gasteiger partial charge in [0.1, 0.15) is 0 Å². The van der Waals surface area contributed by atoms with E-state index in [1.165, 1.54) is 5.56 Å². The molecule has 1 N–H and O–H groups in total. The third-order valence-corrected chi connectivity index (χ3v) is 5.42. The summed E-state index contributed by atoms with van der Waals surface area (Å²) in [4.78, 5) is 29.4. The lowest BCUT2D eigenvalue weighted by molar-refractivity contribution is 0.0650. The Labute approximate surface area is 172 Å². The summed E-state index contributed by atoms with van der Waals surface area (Å²) < 4.78 is 0. The Balaban J connectivity index is 1.28. The van der Waals surface area contributed by atoms with Gasteiger partial charge in [-0.1, -0.05) is 48.6 Å². The van der Waals surface area contributed by atoms with Crippen molar-refractivity contribution < 1.29 is 9.59 Å². The summed E-state index contributed by atoms with van der Waals surface area (Å²) in [5, 5.41) is 2.98. The lowest BCUT2D eigenvalue weighted by Gasteiger charge is -2.34. The van der Waals surface area contributed by atoms with Crippen LogP contribution in [0.2, 0.25) is 0 Å². The topological polar surface area (TPSA) is 52.7 Å². The maximum Gasteiger partial charge on any atom is 0.253 e. The summed E-state index contributed by atoms with van der Waals surface area (Å²) in [6, 6.07) is 17.7. The zero-order chi connectivity index (χ0) is 20.1. The van der Waals surface area contributed by atoms with Crippen LogP contribution in [0.15, 0.2) is 60.7 Å². The van der Waals surface area contributed by atoms with Gasteiger partial charge in [-0.3, -0.25) is 14.5 Å². The van der Waals surface area contributed by atoms with Gasteiger partial charge in [0.25, 0.3) is 11.8 Å². The van der Waals surface area contributed by atoms with E-state index in [1.54, 1.807) is 24.3 Å². The maximum absolute atomic E-state index is 12.9. The van der Waals surface area contributed by atoms with Gasteiger partial charge < -0.3 is 10.2 Å².